The highest BCUT2D eigenvalue weighted by atomic mass is 16.4. The monoisotopic (exact) mass is 227 g/mol. The number of likely N-dealkylation sites (tertiary alicyclic amines) is 1. The van der Waals surface area contributed by atoms with Gasteiger partial charge >= 0.3 is 5.97 Å². The highest BCUT2D eigenvalue weighted by Gasteiger charge is 2.31. The molecule has 0 radical (unpaired) electrons. The fourth-order valence-electron chi connectivity index (χ4n) is 2.55. The van der Waals surface area contributed by atoms with E-state index in [2.05, 4.69) is 25.7 Å². The predicted octanol–water partition coefficient (Wildman–Crippen LogP) is 2.75. The van der Waals surface area contributed by atoms with Gasteiger partial charge in [0.05, 0.1) is 0 Å². The van der Waals surface area contributed by atoms with E-state index in [1.807, 2.05) is 0 Å². The van der Waals surface area contributed by atoms with E-state index in [4.69, 9.17) is 0 Å². The van der Waals surface area contributed by atoms with Crippen molar-refractivity contribution in [1.29, 1.82) is 0 Å². The van der Waals surface area contributed by atoms with Crippen LogP contribution < -0.4 is 0 Å². The van der Waals surface area contributed by atoms with Gasteiger partial charge in [-0.25, -0.2) is 0 Å². The lowest BCUT2D eigenvalue weighted by atomic mass is 9.97. The SMILES string of the molecule is CCC(C)C(C)N1CCCCCC1C(=O)O. The Morgan fingerprint density at radius 1 is 1.38 bits per heavy atom. The van der Waals surface area contributed by atoms with E-state index >= 15 is 0 Å². The molecule has 3 atom stereocenters. The van der Waals surface area contributed by atoms with Gasteiger partial charge in [-0.3, -0.25) is 9.69 Å². The first kappa shape index (κ1) is 13.5. The van der Waals surface area contributed by atoms with E-state index in [0.717, 1.165) is 32.2 Å². The van der Waals surface area contributed by atoms with Crippen LogP contribution in [0.25, 0.3) is 0 Å². The summed E-state index contributed by atoms with van der Waals surface area (Å²) in [4.78, 5) is 13.5. The van der Waals surface area contributed by atoms with Crippen LogP contribution in [0.5, 0.6) is 0 Å². The zero-order chi connectivity index (χ0) is 12.1. The molecule has 0 saturated carbocycles. The van der Waals surface area contributed by atoms with Crippen LogP contribution in [-0.2, 0) is 4.79 Å². The van der Waals surface area contributed by atoms with Crippen molar-refractivity contribution in [1.82, 2.24) is 4.90 Å². The van der Waals surface area contributed by atoms with Gasteiger partial charge in [0, 0.05) is 6.04 Å². The Labute approximate surface area is 98.8 Å². The molecule has 94 valence electrons. The topological polar surface area (TPSA) is 40.5 Å². The van der Waals surface area contributed by atoms with Crippen LogP contribution in [0.15, 0.2) is 0 Å². The quantitative estimate of drug-likeness (QED) is 0.803. The Kier molecular flexibility index (Phi) is 5.26. The van der Waals surface area contributed by atoms with E-state index in [0.29, 0.717) is 12.0 Å². The van der Waals surface area contributed by atoms with Crippen LogP contribution in [-0.4, -0.2) is 34.6 Å². The maximum atomic E-state index is 11.3. The number of aliphatic carboxylic acids is 1. The van der Waals surface area contributed by atoms with Crippen molar-refractivity contribution < 1.29 is 9.90 Å². The third-order valence-corrected chi connectivity index (χ3v) is 4.07. The summed E-state index contributed by atoms with van der Waals surface area (Å²) >= 11 is 0. The van der Waals surface area contributed by atoms with Crippen molar-refractivity contribution in [3.05, 3.63) is 0 Å². The molecule has 0 bridgehead atoms. The standard InChI is InChI=1S/C13H25NO2/c1-4-10(2)11(3)14-9-7-5-6-8-12(14)13(15)16/h10-12H,4-9H2,1-3H3,(H,15,16). The largest absolute Gasteiger partial charge is 0.480 e. The molecule has 0 amide bonds. The fourth-order valence-corrected chi connectivity index (χ4v) is 2.55. The summed E-state index contributed by atoms with van der Waals surface area (Å²) in [5, 5.41) is 9.30. The van der Waals surface area contributed by atoms with E-state index in [1.54, 1.807) is 0 Å². The molecule has 0 aromatic rings. The van der Waals surface area contributed by atoms with Crippen LogP contribution in [0.2, 0.25) is 0 Å². The van der Waals surface area contributed by atoms with Crippen molar-refractivity contribution in [3.8, 4) is 0 Å². The Bertz CT molecular complexity index is 230. The van der Waals surface area contributed by atoms with E-state index in [1.165, 1.54) is 6.42 Å². The highest BCUT2D eigenvalue weighted by molar-refractivity contribution is 5.73. The third-order valence-electron chi connectivity index (χ3n) is 4.07. The van der Waals surface area contributed by atoms with E-state index in [9.17, 15) is 9.90 Å². The van der Waals surface area contributed by atoms with Crippen molar-refractivity contribution >= 4 is 5.97 Å². The summed E-state index contributed by atoms with van der Waals surface area (Å²) in [6.45, 7) is 7.52. The maximum Gasteiger partial charge on any atom is 0.320 e. The van der Waals surface area contributed by atoms with Gasteiger partial charge in [-0.15, -0.1) is 0 Å². The van der Waals surface area contributed by atoms with Crippen molar-refractivity contribution in [3.63, 3.8) is 0 Å². The Morgan fingerprint density at radius 3 is 2.62 bits per heavy atom. The number of hydrogen-bond donors (Lipinski definition) is 1. The molecule has 3 heteroatoms. The van der Waals surface area contributed by atoms with Gasteiger partial charge < -0.3 is 5.11 Å². The molecule has 3 unspecified atom stereocenters. The molecule has 0 aliphatic carbocycles. The lowest BCUT2D eigenvalue weighted by molar-refractivity contribution is -0.144. The van der Waals surface area contributed by atoms with Crippen molar-refractivity contribution in [2.45, 2.75) is 65.0 Å². The minimum absolute atomic E-state index is 0.258. The molecule has 3 nitrogen and oxygen atoms in total. The molecule has 1 heterocycles. The lowest BCUT2D eigenvalue weighted by Gasteiger charge is -2.35. The van der Waals surface area contributed by atoms with Crippen LogP contribution in [0.4, 0.5) is 0 Å². The fraction of sp³-hybridized carbons (Fsp3) is 0.923. The summed E-state index contributed by atoms with van der Waals surface area (Å²) in [6, 6.07) is 0.121. The molecular weight excluding hydrogens is 202 g/mol. The van der Waals surface area contributed by atoms with Crippen LogP contribution in [0.1, 0.15) is 52.9 Å². The van der Waals surface area contributed by atoms with Crippen LogP contribution >= 0.6 is 0 Å². The minimum Gasteiger partial charge on any atom is -0.480 e. The Balaban J connectivity index is 2.74. The molecule has 0 aromatic carbocycles. The van der Waals surface area contributed by atoms with Gasteiger partial charge in [-0.2, -0.15) is 0 Å². The lowest BCUT2D eigenvalue weighted by Crippen LogP contribution is -2.48. The average molecular weight is 227 g/mol. The Morgan fingerprint density at radius 2 is 2.06 bits per heavy atom. The van der Waals surface area contributed by atoms with Gasteiger partial charge in [0.15, 0.2) is 0 Å². The smallest absolute Gasteiger partial charge is 0.320 e. The molecule has 1 aliphatic heterocycles. The van der Waals surface area contributed by atoms with Gasteiger partial charge in [-0.1, -0.05) is 33.1 Å². The van der Waals surface area contributed by atoms with Crippen LogP contribution in [0, 0.1) is 5.92 Å². The first-order chi connectivity index (χ1) is 7.57. The van der Waals surface area contributed by atoms with Gasteiger partial charge in [-0.05, 0) is 32.2 Å². The molecule has 1 fully saturated rings. The van der Waals surface area contributed by atoms with Gasteiger partial charge in [0.2, 0.25) is 0 Å². The molecule has 16 heavy (non-hydrogen) atoms. The number of rotatable bonds is 4. The normalized spacial score (nSPS) is 27.1. The number of carbonyl (C=O) groups is 1. The summed E-state index contributed by atoms with van der Waals surface area (Å²) in [7, 11) is 0. The molecule has 0 aromatic heterocycles. The number of carboxylic acids is 1. The number of nitrogens with zero attached hydrogens (tertiary/aromatic N) is 1. The number of hydrogen-bond acceptors (Lipinski definition) is 2. The third kappa shape index (κ3) is 3.21. The molecule has 1 rings (SSSR count). The zero-order valence-electron chi connectivity index (χ0n) is 10.8. The van der Waals surface area contributed by atoms with Gasteiger partial charge in [0.1, 0.15) is 6.04 Å². The first-order valence-electron chi connectivity index (χ1n) is 6.56. The second kappa shape index (κ2) is 6.24. The molecule has 1 saturated heterocycles. The average Bonchev–Trinajstić information content (AvgIpc) is 2.52. The van der Waals surface area contributed by atoms with E-state index < -0.39 is 5.97 Å². The molecule has 1 N–H and O–H groups in total. The highest BCUT2D eigenvalue weighted by Crippen LogP contribution is 2.23. The molecule has 0 spiro atoms. The van der Waals surface area contributed by atoms with Gasteiger partial charge in [0.25, 0.3) is 0 Å². The first-order valence-corrected chi connectivity index (χ1v) is 6.56. The predicted molar refractivity (Wildman–Crippen MR) is 65.5 cm³/mol. The molecular formula is C13H25NO2. The second-order valence-corrected chi connectivity index (χ2v) is 5.07. The second-order valence-electron chi connectivity index (χ2n) is 5.07. The Hall–Kier alpha value is -0.570. The maximum absolute atomic E-state index is 11.3. The molecule has 1 aliphatic rings. The van der Waals surface area contributed by atoms with Crippen LogP contribution in [0.3, 0.4) is 0 Å². The number of carboxylic acid groups (broad SMARTS) is 1. The summed E-state index contributed by atoms with van der Waals surface area (Å²) in [5.74, 6) is -0.0722. The summed E-state index contributed by atoms with van der Waals surface area (Å²) < 4.78 is 0. The van der Waals surface area contributed by atoms with Crippen molar-refractivity contribution in [2.75, 3.05) is 6.54 Å². The zero-order valence-corrected chi connectivity index (χ0v) is 10.8. The minimum atomic E-state index is -0.642. The van der Waals surface area contributed by atoms with Crippen molar-refractivity contribution in [2.24, 2.45) is 5.92 Å². The van der Waals surface area contributed by atoms with E-state index in [-0.39, 0.29) is 6.04 Å². The summed E-state index contributed by atoms with van der Waals surface area (Å²) in [6.07, 6.45) is 5.30. The summed E-state index contributed by atoms with van der Waals surface area (Å²) in [5.41, 5.74) is 0.